The number of hydrogen-bond donors (Lipinski definition) is 13. The van der Waals surface area contributed by atoms with E-state index in [1.807, 2.05) is 116 Å². The van der Waals surface area contributed by atoms with Crippen LogP contribution >= 0.6 is 0 Å². The van der Waals surface area contributed by atoms with E-state index in [0.29, 0.717) is 140 Å². The van der Waals surface area contributed by atoms with Gasteiger partial charge in [-0.05, 0) is 99.9 Å². The van der Waals surface area contributed by atoms with Gasteiger partial charge >= 0.3 is 0 Å². The van der Waals surface area contributed by atoms with Crippen molar-refractivity contribution < 1.29 is 76.8 Å². The number of nitrogens with one attached hydrogen (secondary N) is 8. The Morgan fingerprint density at radius 3 is 0.772 bits per heavy atom. The Kier molecular flexibility index (Phi) is 23.7. The van der Waals surface area contributed by atoms with E-state index in [1.165, 1.54) is 24.8 Å². The van der Waals surface area contributed by atoms with Gasteiger partial charge in [0.25, 0.3) is 23.6 Å². The predicted octanol–water partition coefficient (Wildman–Crippen LogP) is 6.82. The second kappa shape index (κ2) is 36.5. The molecule has 0 spiro atoms. The number of amides is 4. The monoisotopic (exact) mass is 1860 g/mol. The van der Waals surface area contributed by atoms with Crippen molar-refractivity contribution in [2.24, 2.45) is 0 Å². The fourth-order valence-corrected chi connectivity index (χ4v) is 18.6. The van der Waals surface area contributed by atoms with Crippen LogP contribution in [0.25, 0.3) is 112 Å². The van der Waals surface area contributed by atoms with E-state index < -0.39 is 67.2 Å². The number of alkyl halides is 3. The summed E-state index contributed by atoms with van der Waals surface area (Å²) < 4.78 is 78.8. The van der Waals surface area contributed by atoms with Crippen molar-refractivity contribution >= 4 is 114 Å². The maximum absolute atomic E-state index is 14.5. The van der Waals surface area contributed by atoms with Gasteiger partial charge in [-0.3, -0.25) is 19.2 Å². The first-order valence-corrected chi connectivity index (χ1v) is 45.2. The van der Waals surface area contributed by atoms with Crippen LogP contribution in [-0.2, 0) is 18.9 Å². The van der Waals surface area contributed by atoms with Crippen molar-refractivity contribution in [3.05, 3.63) is 169 Å². The largest absolute Gasteiger partial charge is 0.391 e. The molecule has 16 aromatic heterocycles. The highest BCUT2D eigenvalue weighted by Crippen LogP contribution is 2.42. The number of hydrogen-bond acceptors (Lipinski definition) is 29. The van der Waals surface area contributed by atoms with Crippen molar-refractivity contribution in [3.63, 3.8) is 0 Å². The van der Waals surface area contributed by atoms with Gasteiger partial charge in [0.15, 0.2) is 22.6 Å². The molecule has 41 nitrogen and oxygen atoms in total. The number of anilines is 4. The highest BCUT2D eigenvalue weighted by atomic mass is 19.1. The highest BCUT2D eigenvalue weighted by molar-refractivity contribution is 6.05. The summed E-state index contributed by atoms with van der Waals surface area (Å²) in [6.45, 7) is 1.68. The number of nitrogens with zero attached hydrogens (tertiary/aromatic N) is 20. The molecular formula is C92H97F3N28O13. The number of pyridine rings is 4. The SMILES string of the molecule is CNc1cc(-c2cn([C@H]3COC[C@@H]3O)c3ncccc23)nc2c(C(=O)NC3CC[C@H]3O)cnn12.CNc1cc(-c2cn([C@H]3COC[C@H]3F)c3ncccc23)nc2c(C(=O)NC3CC[C@H]3O)cnn12.CNc1cc(-c2cn([C@H]3COC[C@H]3F)c3ncccc23)nc2c(C(=O)N[C@@H]3CC[C@@H]3O)cnn12.CNc1cc(-c2cn([C@H]3COC[C@H]3F)c3ncccc23)nc2c(C(=O)N[C@H]3CC[C@H]3O)cnn12. The van der Waals surface area contributed by atoms with Crippen LogP contribution in [0.5, 0.6) is 0 Å². The highest BCUT2D eigenvalue weighted by Gasteiger charge is 2.41. The molecule has 4 aliphatic carbocycles. The molecule has 13 N–H and O–H groups in total. The minimum atomic E-state index is -1.12. The van der Waals surface area contributed by atoms with E-state index in [-0.39, 0.29) is 100 Å². The third-order valence-electron chi connectivity index (χ3n) is 27.0. The molecule has 24 rings (SSSR count). The Morgan fingerprint density at radius 1 is 0.324 bits per heavy atom. The van der Waals surface area contributed by atoms with E-state index in [4.69, 9.17) is 38.9 Å². The molecule has 16 aromatic rings. The third kappa shape index (κ3) is 15.9. The van der Waals surface area contributed by atoms with Crippen LogP contribution in [0, 0.1) is 0 Å². The molecule has 16 atom stereocenters. The fraction of sp³-hybridized carbons (Fsp3) is 0.391. The summed E-state index contributed by atoms with van der Waals surface area (Å²) >= 11 is 0. The first kappa shape index (κ1) is 88.3. The lowest BCUT2D eigenvalue weighted by Crippen LogP contribution is -2.50. The van der Waals surface area contributed by atoms with Crippen LogP contribution in [-0.4, -0.2) is 300 Å². The van der Waals surface area contributed by atoms with Gasteiger partial charge in [0.2, 0.25) is 0 Å². The van der Waals surface area contributed by atoms with Crippen LogP contribution in [0.2, 0.25) is 0 Å². The summed E-state index contributed by atoms with van der Waals surface area (Å²) in [4.78, 5) is 89.0. The number of aliphatic hydroxyl groups is 5. The summed E-state index contributed by atoms with van der Waals surface area (Å²) in [6.07, 6.45) is 19.7. The molecular weight excluding hydrogens is 1760 g/mol. The smallest absolute Gasteiger partial charge is 0.257 e. The van der Waals surface area contributed by atoms with Gasteiger partial charge in [-0.25, -0.2) is 53.0 Å². The van der Waals surface area contributed by atoms with Crippen molar-refractivity contribution in [1.29, 1.82) is 0 Å². The van der Waals surface area contributed by atoms with E-state index >= 15 is 0 Å². The van der Waals surface area contributed by atoms with Gasteiger partial charge in [0, 0.05) is 146 Å². The Balaban J connectivity index is 0.000000108. The van der Waals surface area contributed by atoms with Gasteiger partial charge in [0.05, 0.1) is 173 Å². The number of carbonyl (C=O) groups excluding carboxylic acids is 4. The molecule has 0 aromatic carbocycles. The molecule has 0 bridgehead atoms. The van der Waals surface area contributed by atoms with E-state index in [2.05, 4.69) is 82.9 Å². The Bertz CT molecular complexity index is 6450. The lowest BCUT2D eigenvalue weighted by Gasteiger charge is -2.32. The van der Waals surface area contributed by atoms with Crippen LogP contribution in [0.3, 0.4) is 0 Å². The Hall–Kier alpha value is -14.3. The minimum absolute atomic E-state index is 0.0601. The number of aliphatic hydroxyl groups excluding tert-OH is 5. The second-order valence-electron chi connectivity index (χ2n) is 35.0. The molecule has 136 heavy (non-hydrogen) atoms. The van der Waals surface area contributed by atoms with Gasteiger partial charge in [0.1, 0.15) is 92.7 Å². The van der Waals surface area contributed by atoms with Crippen LogP contribution in [0.1, 0.15) is 117 Å². The molecule has 20 heterocycles. The van der Waals surface area contributed by atoms with Gasteiger partial charge in [-0.2, -0.15) is 38.5 Å². The van der Waals surface area contributed by atoms with Crippen LogP contribution in [0.15, 0.2) is 147 Å². The normalized spacial score (nSPS) is 24.4. The molecule has 4 amide bonds. The summed E-state index contributed by atoms with van der Waals surface area (Å²) in [6, 6.07) is 19.7. The van der Waals surface area contributed by atoms with Crippen molar-refractivity contribution in [1.82, 2.24) is 118 Å². The molecule has 4 aliphatic heterocycles. The zero-order valence-electron chi connectivity index (χ0n) is 74.0. The maximum Gasteiger partial charge on any atom is 0.257 e. The molecule has 8 fully saturated rings. The quantitative estimate of drug-likeness (QED) is 0.0372. The molecule has 44 heteroatoms. The van der Waals surface area contributed by atoms with Gasteiger partial charge in [-0.15, -0.1) is 0 Å². The summed E-state index contributed by atoms with van der Waals surface area (Å²) in [5.74, 6) is 1.26. The Morgan fingerprint density at radius 2 is 0.566 bits per heavy atom. The van der Waals surface area contributed by atoms with Gasteiger partial charge < -0.3 is 105 Å². The molecule has 0 radical (unpaired) electrons. The molecule has 8 aliphatic rings. The number of halogens is 3. The maximum atomic E-state index is 14.5. The second-order valence-corrected chi connectivity index (χ2v) is 35.0. The average Bonchev–Trinajstić information content (AvgIpc) is 1.60. The standard InChI is InChI=1S/3C23H24FN7O3.C23H25N7O4/c3*1-25-20-7-17(28-22-13(8-27-31(20)22)23(33)29-16-4-5-19(16)32)14-9-30(18-11-34-10-15(18)24)21-12(14)3-2-6-26-21;1-24-20-7-16(27-22-13(8-26-30(20)22)23(33)28-15-4-5-18(15)31)14-9-29(17-10-34-11-19(17)32)21-12(14)3-2-6-25-21/h3*2-3,6-9,15-16,18-19,25,32H,4-5,10-11H2,1H3,(H,29,33);2-3,6-9,15,17-19,24,31-32H,4-5,10-11H2,1H3,(H,28,33)/t15-,16?,18+,19-;15-,16+,18+,19-;15-,16-,18+,19+;15?,17-,18+,19-/m1110/s1. The van der Waals surface area contributed by atoms with E-state index in [9.17, 15) is 57.9 Å². The first-order valence-electron chi connectivity index (χ1n) is 45.2. The van der Waals surface area contributed by atoms with Crippen molar-refractivity contribution in [2.45, 2.75) is 149 Å². The predicted molar refractivity (Wildman–Crippen MR) is 491 cm³/mol. The number of carbonyl (C=O) groups is 4. The van der Waals surface area contributed by atoms with Crippen molar-refractivity contribution in [2.75, 3.05) is 102 Å². The summed E-state index contributed by atoms with van der Waals surface area (Å²) in [5.41, 5.74) is 11.0. The zero-order chi connectivity index (χ0) is 93.6. The first-order chi connectivity index (χ1) is 66.2. The van der Waals surface area contributed by atoms with Crippen molar-refractivity contribution in [3.8, 4) is 45.0 Å². The summed E-state index contributed by atoms with van der Waals surface area (Å²) in [5, 5.41) is 94.4. The number of ether oxygens (including phenoxy) is 4. The average molecular weight is 1860 g/mol. The fourth-order valence-electron chi connectivity index (χ4n) is 18.6. The third-order valence-corrected chi connectivity index (χ3v) is 27.0. The van der Waals surface area contributed by atoms with Crippen LogP contribution in [0.4, 0.5) is 36.4 Å². The number of aromatic nitrogens is 20. The zero-order valence-corrected chi connectivity index (χ0v) is 74.0. The summed E-state index contributed by atoms with van der Waals surface area (Å²) in [7, 11) is 7.07. The van der Waals surface area contributed by atoms with Gasteiger partial charge in [-0.1, -0.05) is 0 Å². The molecule has 704 valence electrons. The number of fused-ring (bicyclic) bond motifs is 8. The molecule has 2 unspecified atom stereocenters. The molecule has 4 saturated heterocycles. The molecule has 4 saturated carbocycles. The topological polar surface area (TPSA) is 495 Å². The minimum Gasteiger partial charge on any atom is -0.391 e. The van der Waals surface area contributed by atoms with E-state index in [0.717, 1.165) is 75.1 Å². The van der Waals surface area contributed by atoms with Crippen LogP contribution < -0.4 is 42.5 Å². The van der Waals surface area contributed by atoms with E-state index in [1.54, 1.807) is 71.0 Å². The number of rotatable bonds is 20. The lowest BCUT2D eigenvalue weighted by atomic mass is 9.89. The Labute approximate surface area is 770 Å². The lowest BCUT2D eigenvalue weighted by molar-refractivity contribution is 0.0448.